The smallest absolute Gasteiger partial charge is 0.417 e. The van der Waals surface area contributed by atoms with Crippen LogP contribution in [0.15, 0.2) is 59.0 Å². The first kappa shape index (κ1) is 20.9. The number of hydrogen-bond donors (Lipinski definition) is 0. The predicted molar refractivity (Wildman–Crippen MR) is 104 cm³/mol. The molecule has 9 heteroatoms. The van der Waals surface area contributed by atoms with Crippen LogP contribution in [-0.4, -0.2) is 34.1 Å². The number of carbonyl (C=O) groups excluding carboxylic acids is 1. The molecule has 0 radical (unpaired) electrons. The third kappa shape index (κ3) is 4.87. The first-order valence-corrected chi connectivity index (χ1v) is 9.87. The lowest BCUT2D eigenvalue weighted by atomic mass is 9.96. The Kier molecular flexibility index (Phi) is 5.92. The van der Waals surface area contributed by atoms with Crippen LogP contribution in [0.4, 0.5) is 13.2 Å². The molecule has 1 aliphatic heterocycles. The Hall–Kier alpha value is -3.36. The number of amides is 1. The SMILES string of the molecule is O=C(c1ccccc1C(F)(F)F)N1CCCC(c2nnc(COc3ccccc3)o2)C1. The number of benzene rings is 2. The molecule has 6 nitrogen and oxygen atoms in total. The van der Waals surface area contributed by atoms with Crippen molar-refractivity contribution in [1.82, 2.24) is 15.1 Å². The van der Waals surface area contributed by atoms with Gasteiger partial charge in [0.2, 0.25) is 5.89 Å². The normalized spacial score (nSPS) is 16.9. The fourth-order valence-corrected chi connectivity index (χ4v) is 3.60. The van der Waals surface area contributed by atoms with E-state index in [2.05, 4.69) is 10.2 Å². The van der Waals surface area contributed by atoms with Crippen molar-refractivity contribution in [3.8, 4) is 5.75 Å². The van der Waals surface area contributed by atoms with E-state index in [9.17, 15) is 18.0 Å². The van der Waals surface area contributed by atoms with Crippen LogP contribution in [0.3, 0.4) is 0 Å². The Labute approximate surface area is 176 Å². The van der Waals surface area contributed by atoms with Crippen molar-refractivity contribution in [3.05, 3.63) is 77.5 Å². The van der Waals surface area contributed by atoms with Crippen molar-refractivity contribution in [2.24, 2.45) is 0 Å². The summed E-state index contributed by atoms with van der Waals surface area (Å²) in [5, 5.41) is 8.05. The number of piperidine rings is 1. The third-order valence-corrected chi connectivity index (χ3v) is 5.11. The van der Waals surface area contributed by atoms with Gasteiger partial charge in [0.25, 0.3) is 11.8 Å². The number of likely N-dealkylation sites (tertiary alicyclic amines) is 1. The maximum absolute atomic E-state index is 13.3. The van der Waals surface area contributed by atoms with E-state index >= 15 is 0 Å². The minimum Gasteiger partial charge on any atom is -0.484 e. The van der Waals surface area contributed by atoms with E-state index < -0.39 is 17.6 Å². The predicted octanol–water partition coefficient (Wildman–Crippen LogP) is 4.69. The quantitative estimate of drug-likeness (QED) is 0.587. The molecule has 4 rings (SSSR count). The lowest BCUT2D eigenvalue weighted by Gasteiger charge is -2.31. The maximum atomic E-state index is 13.3. The molecule has 1 aliphatic rings. The molecule has 1 amide bonds. The Balaban J connectivity index is 1.44. The second-order valence-corrected chi connectivity index (χ2v) is 7.27. The summed E-state index contributed by atoms with van der Waals surface area (Å²) in [4.78, 5) is 14.3. The first-order chi connectivity index (χ1) is 14.9. The molecule has 0 saturated carbocycles. The fraction of sp³-hybridized carbons (Fsp3) is 0.318. The summed E-state index contributed by atoms with van der Waals surface area (Å²) >= 11 is 0. The van der Waals surface area contributed by atoms with Crippen LogP contribution >= 0.6 is 0 Å². The Morgan fingerprint density at radius 1 is 1.10 bits per heavy atom. The average Bonchev–Trinajstić information content (AvgIpc) is 3.27. The third-order valence-electron chi connectivity index (χ3n) is 5.11. The minimum atomic E-state index is -4.60. The summed E-state index contributed by atoms with van der Waals surface area (Å²) < 4.78 is 51.2. The van der Waals surface area contributed by atoms with Gasteiger partial charge in [-0.25, -0.2) is 0 Å². The number of carbonyl (C=O) groups is 1. The number of nitrogens with zero attached hydrogens (tertiary/aromatic N) is 3. The van der Waals surface area contributed by atoms with E-state index in [-0.39, 0.29) is 24.6 Å². The van der Waals surface area contributed by atoms with Gasteiger partial charge in [-0.2, -0.15) is 13.2 Å². The molecular formula is C22H20F3N3O3. The maximum Gasteiger partial charge on any atom is 0.417 e. The van der Waals surface area contributed by atoms with Crippen LogP contribution in [-0.2, 0) is 12.8 Å². The van der Waals surface area contributed by atoms with Gasteiger partial charge in [-0.15, -0.1) is 10.2 Å². The minimum absolute atomic E-state index is 0.103. The largest absolute Gasteiger partial charge is 0.484 e. The fourth-order valence-electron chi connectivity index (χ4n) is 3.60. The summed E-state index contributed by atoms with van der Waals surface area (Å²) in [7, 11) is 0. The van der Waals surface area contributed by atoms with Gasteiger partial charge in [0.15, 0.2) is 6.61 Å². The summed E-state index contributed by atoms with van der Waals surface area (Å²) in [5.74, 6) is 0.427. The van der Waals surface area contributed by atoms with Crippen molar-refractivity contribution in [3.63, 3.8) is 0 Å². The van der Waals surface area contributed by atoms with E-state index in [1.807, 2.05) is 18.2 Å². The van der Waals surface area contributed by atoms with Gasteiger partial charge < -0.3 is 14.1 Å². The number of ether oxygens (including phenoxy) is 1. The highest BCUT2D eigenvalue weighted by Gasteiger charge is 2.37. The van der Waals surface area contributed by atoms with Crippen molar-refractivity contribution in [2.45, 2.75) is 31.5 Å². The number of rotatable bonds is 5. The lowest BCUT2D eigenvalue weighted by Crippen LogP contribution is -2.40. The van der Waals surface area contributed by atoms with Gasteiger partial charge in [-0.3, -0.25) is 4.79 Å². The van der Waals surface area contributed by atoms with Gasteiger partial charge in [0, 0.05) is 13.1 Å². The van der Waals surface area contributed by atoms with Gasteiger partial charge in [0.1, 0.15) is 5.75 Å². The highest BCUT2D eigenvalue weighted by Crippen LogP contribution is 2.34. The summed E-state index contributed by atoms with van der Waals surface area (Å²) in [5.41, 5.74) is -1.28. The Morgan fingerprint density at radius 3 is 2.61 bits per heavy atom. The number of hydrogen-bond acceptors (Lipinski definition) is 5. The molecule has 0 bridgehead atoms. The molecule has 1 unspecified atom stereocenters. The zero-order chi connectivity index (χ0) is 21.8. The van der Waals surface area contributed by atoms with Gasteiger partial charge in [-0.05, 0) is 37.1 Å². The molecule has 2 aromatic carbocycles. The standard InChI is InChI=1S/C22H20F3N3O3/c23-22(24,25)18-11-5-4-10-17(18)21(29)28-12-6-7-15(13-28)20-27-26-19(31-20)14-30-16-8-2-1-3-9-16/h1-5,8-11,15H,6-7,12-14H2. The molecule has 2 heterocycles. The zero-order valence-corrected chi connectivity index (χ0v) is 16.5. The van der Waals surface area contributed by atoms with Crippen molar-refractivity contribution < 1.29 is 27.1 Å². The molecule has 3 aromatic rings. The molecule has 1 aromatic heterocycles. The number of para-hydroxylation sites is 1. The van der Waals surface area contributed by atoms with Gasteiger partial charge >= 0.3 is 6.18 Å². The van der Waals surface area contributed by atoms with Crippen molar-refractivity contribution in [1.29, 1.82) is 0 Å². The number of aromatic nitrogens is 2. The van der Waals surface area contributed by atoms with Crippen LogP contribution in [0.5, 0.6) is 5.75 Å². The molecule has 0 N–H and O–H groups in total. The molecular weight excluding hydrogens is 411 g/mol. The number of halogens is 3. The Bertz CT molecular complexity index is 1040. The van der Waals surface area contributed by atoms with Crippen LogP contribution in [0.25, 0.3) is 0 Å². The molecule has 1 atom stereocenters. The average molecular weight is 431 g/mol. The zero-order valence-electron chi connectivity index (χ0n) is 16.5. The van der Waals surface area contributed by atoms with Crippen molar-refractivity contribution in [2.75, 3.05) is 13.1 Å². The molecule has 31 heavy (non-hydrogen) atoms. The van der Waals surface area contributed by atoms with Gasteiger partial charge in [0.05, 0.1) is 17.0 Å². The second kappa shape index (κ2) is 8.79. The monoisotopic (exact) mass is 431 g/mol. The van der Waals surface area contributed by atoms with Gasteiger partial charge in [-0.1, -0.05) is 30.3 Å². The molecule has 1 fully saturated rings. The second-order valence-electron chi connectivity index (χ2n) is 7.27. The Morgan fingerprint density at radius 2 is 1.84 bits per heavy atom. The van der Waals surface area contributed by atoms with E-state index in [1.54, 1.807) is 12.1 Å². The van der Waals surface area contributed by atoms with Crippen LogP contribution in [0.2, 0.25) is 0 Å². The summed E-state index contributed by atoms with van der Waals surface area (Å²) in [6.07, 6.45) is -3.27. The topological polar surface area (TPSA) is 68.5 Å². The van der Waals surface area contributed by atoms with E-state index in [0.717, 1.165) is 6.07 Å². The van der Waals surface area contributed by atoms with Crippen LogP contribution < -0.4 is 4.74 Å². The summed E-state index contributed by atoms with van der Waals surface area (Å²) in [6, 6.07) is 14.0. The molecule has 0 spiro atoms. The van der Waals surface area contributed by atoms with Crippen LogP contribution in [0.1, 0.15) is 46.5 Å². The van der Waals surface area contributed by atoms with E-state index in [0.29, 0.717) is 36.9 Å². The van der Waals surface area contributed by atoms with E-state index in [1.165, 1.54) is 23.1 Å². The molecule has 162 valence electrons. The van der Waals surface area contributed by atoms with Crippen molar-refractivity contribution >= 4 is 5.91 Å². The molecule has 0 aliphatic carbocycles. The lowest BCUT2D eigenvalue weighted by molar-refractivity contribution is -0.138. The highest BCUT2D eigenvalue weighted by molar-refractivity contribution is 5.96. The highest BCUT2D eigenvalue weighted by atomic mass is 19.4. The van der Waals surface area contributed by atoms with E-state index in [4.69, 9.17) is 9.15 Å². The first-order valence-electron chi connectivity index (χ1n) is 9.87. The van der Waals surface area contributed by atoms with Crippen LogP contribution in [0, 0.1) is 0 Å². The summed E-state index contributed by atoms with van der Waals surface area (Å²) in [6.45, 7) is 0.692. The number of alkyl halides is 3. The molecule has 1 saturated heterocycles.